The van der Waals surface area contributed by atoms with Gasteiger partial charge in [0.05, 0.1) is 0 Å². The van der Waals surface area contributed by atoms with Crippen LogP contribution in [0.2, 0.25) is 0 Å². The number of piperidine rings is 1. The van der Waals surface area contributed by atoms with Gasteiger partial charge in [-0.3, -0.25) is 0 Å². The third-order valence-electron chi connectivity index (χ3n) is 6.92. The molecule has 1 heterocycles. The van der Waals surface area contributed by atoms with Gasteiger partial charge in [0, 0.05) is 23.0 Å². The third-order valence-corrected chi connectivity index (χ3v) is 6.92. The average Bonchev–Trinajstić information content (AvgIpc) is 2.79. The molecule has 156 valence electrons. The molecule has 0 aromatic heterocycles. The Kier molecular flexibility index (Phi) is 6.03. The van der Waals surface area contributed by atoms with E-state index in [2.05, 4.69) is 67.7 Å². The van der Waals surface area contributed by atoms with E-state index in [0.29, 0.717) is 0 Å². The summed E-state index contributed by atoms with van der Waals surface area (Å²) in [5.74, 6) is -0.296. The van der Waals surface area contributed by atoms with Crippen LogP contribution < -0.4 is 5.32 Å². The van der Waals surface area contributed by atoms with Gasteiger partial charge in [-0.05, 0) is 24.1 Å². The number of rotatable bonds is 5. The van der Waals surface area contributed by atoms with Crippen molar-refractivity contribution in [1.82, 2.24) is 0 Å². The highest BCUT2D eigenvalue weighted by Gasteiger charge is 2.56. The lowest BCUT2D eigenvalue weighted by Gasteiger charge is -2.51. The molecule has 1 saturated heterocycles. The molecule has 5 atom stereocenters. The van der Waals surface area contributed by atoms with E-state index < -0.39 is 5.60 Å². The molecule has 0 saturated carbocycles. The number of quaternary nitrogens is 1. The minimum atomic E-state index is -1.06. The number of hydrogen-bond acceptors (Lipinski definition) is 1. The molecule has 1 aliphatic heterocycles. The number of nitrogens with two attached hydrogens (primary N) is 1. The van der Waals surface area contributed by atoms with Gasteiger partial charge in [0.15, 0.2) is 0 Å². The zero-order valence-electron chi connectivity index (χ0n) is 17.7. The molecule has 4 rings (SSSR count). The first-order valence-corrected chi connectivity index (χ1v) is 11.0. The van der Waals surface area contributed by atoms with E-state index in [1.54, 1.807) is 12.1 Å². The van der Waals surface area contributed by atoms with Crippen LogP contribution in [-0.2, 0) is 5.60 Å². The molecule has 3 N–H and O–H groups in total. The molecule has 3 aromatic carbocycles. The third kappa shape index (κ3) is 3.68. The van der Waals surface area contributed by atoms with Crippen LogP contribution in [0.4, 0.5) is 4.39 Å². The largest absolute Gasteiger partial charge is 0.384 e. The molecule has 0 spiro atoms. The van der Waals surface area contributed by atoms with Crippen molar-refractivity contribution in [3.05, 3.63) is 107 Å². The Labute approximate surface area is 178 Å². The van der Waals surface area contributed by atoms with Crippen LogP contribution in [0, 0.1) is 17.7 Å². The summed E-state index contributed by atoms with van der Waals surface area (Å²) in [5.41, 5.74) is 2.19. The lowest BCUT2D eigenvalue weighted by Crippen LogP contribution is -2.93. The van der Waals surface area contributed by atoms with Gasteiger partial charge in [-0.2, -0.15) is 0 Å². The zero-order valence-corrected chi connectivity index (χ0v) is 17.7. The van der Waals surface area contributed by atoms with Crippen molar-refractivity contribution in [1.29, 1.82) is 0 Å². The highest BCUT2D eigenvalue weighted by molar-refractivity contribution is 5.31. The van der Waals surface area contributed by atoms with Crippen molar-refractivity contribution in [2.24, 2.45) is 11.8 Å². The van der Waals surface area contributed by atoms with Crippen molar-refractivity contribution >= 4 is 0 Å². The molecule has 0 radical (unpaired) electrons. The van der Waals surface area contributed by atoms with E-state index in [-0.39, 0.29) is 29.7 Å². The van der Waals surface area contributed by atoms with Crippen molar-refractivity contribution in [3.63, 3.8) is 0 Å². The highest BCUT2D eigenvalue weighted by Crippen LogP contribution is 2.50. The first-order chi connectivity index (χ1) is 14.6. The molecular formula is C27H31FNO+. The average molecular weight is 405 g/mol. The van der Waals surface area contributed by atoms with Gasteiger partial charge in [0.1, 0.15) is 23.5 Å². The summed E-state index contributed by atoms with van der Waals surface area (Å²) in [6.45, 7) is 4.31. The van der Waals surface area contributed by atoms with Gasteiger partial charge in [0.2, 0.25) is 0 Å². The zero-order chi connectivity index (χ0) is 21.1. The number of aliphatic hydroxyl groups is 1. The van der Waals surface area contributed by atoms with E-state index >= 15 is 0 Å². The normalized spacial score (nSPS) is 28.9. The molecule has 1 fully saturated rings. The lowest BCUT2D eigenvalue weighted by molar-refractivity contribution is -0.766. The van der Waals surface area contributed by atoms with Gasteiger partial charge in [-0.15, -0.1) is 0 Å². The maximum Gasteiger partial charge on any atom is 0.123 e. The van der Waals surface area contributed by atoms with Crippen LogP contribution in [0.3, 0.4) is 0 Å². The first-order valence-electron chi connectivity index (χ1n) is 11.0. The highest BCUT2D eigenvalue weighted by atomic mass is 19.1. The van der Waals surface area contributed by atoms with E-state index in [1.165, 1.54) is 23.3 Å². The summed E-state index contributed by atoms with van der Waals surface area (Å²) in [6, 6.07) is 27.6. The molecule has 3 heteroatoms. The van der Waals surface area contributed by atoms with Crippen LogP contribution in [0.25, 0.3) is 0 Å². The first kappa shape index (κ1) is 20.8. The van der Waals surface area contributed by atoms with E-state index in [4.69, 9.17) is 0 Å². The van der Waals surface area contributed by atoms with Crippen LogP contribution >= 0.6 is 0 Å². The summed E-state index contributed by atoms with van der Waals surface area (Å²) in [7, 11) is 0. The quantitative estimate of drug-likeness (QED) is 0.608. The summed E-state index contributed by atoms with van der Waals surface area (Å²) in [6.07, 6.45) is 1.88. The van der Waals surface area contributed by atoms with Gasteiger partial charge < -0.3 is 10.4 Å². The fourth-order valence-electron chi connectivity index (χ4n) is 5.41. The predicted molar refractivity (Wildman–Crippen MR) is 118 cm³/mol. The van der Waals surface area contributed by atoms with Gasteiger partial charge >= 0.3 is 0 Å². The molecule has 1 aliphatic rings. The van der Waals surface area contributed by atoms with Gasteiger partial charge in [0.25, 0.3) is 0 Å². The predicted octanol–water partition coefficient (Wildman–Crippen LogP) is 5.13. The number of halogens is 1. The summed E-state index contributed by atoms with van der Waals surface area (Å²) >= 11 is 0. The van der Waals surface area contributed by atoms with Crippen molar-refractivity contribution in [3.8, 4) is 0 Å². The molecule has 0 aliphatic carbocycles. The van der Waals surface area contributed by atoms with E-state index in [0.717, 1.165) is 18.4 Å². The second-order valence-corrected chi connectivity index (χ2v) is 8.58. The maximum absolute atomic E-state index is 13.7. The van der Waals surface area contributed by atoms with Crippen LogP contribution in [0.5, 0.6) is 0 Å². The molecule has 2 nitrogen and oxygen atoms in total. The summed E-state index contributed by atoms with van der Waals surface area (Å²) in [5, 5.41) is 14.9. The smallest absolute Gasteiger partial charge is 0.123 e. The van der Waals surface area contributed by atoms with Crippen molar-refractivity contribution in [2.45, 2.75) is 44.4 Å². The molecule has 30 heavy (non-hydrogen) atoms. The monoisotopic (exact) mass is 404 g/mol. The fraction of sp³-hybridized carbons (Fsp3) is 0.333. The van der Waals surface area contributed by atoms with Crippen LogP contribution in [-0.4, -0.2) is 5.11 Å². The fourth-order valence-corrected chi connectivity index (χ4v) is 5.41. The minimum Gasteiger partial charge on any atom is -0.384 e. The molecule has 0 amide bonds. The van der Waals surface area contributed by atoms with Crippen molar-refractivity contribution < 1.29 is 14.8 Å². The minimum absolute atomic E-state index is 0.0188. The van der Waals surface area contributed by atoms with E-state index in [9.17, 15) is 9.50 Å². The Morgan fingerprint density at radius 1 is 0.833 bits per heavy atom. The second-order valence-electron chi connectivity index (χ2n) is 8.58. The molecule has 0 bridgehead atoms. The Bertz CT molecular complexity index is 944. The second kappa shape index (κ2) is 8.71. The van der Waals surface area contributed by atoms with E-state index in [1.807, 2.05) is 12.1 Å². The SMILES string of the molecule is CCC[C@@H]1[C@@H](c2ccccc2)[NH2+][C@H](c2ccccc2)[C@H](C)[C@]1(O)c1ccc(F)cc1. The Hall–Kier alpha value is -2.49. The van der Waals surface area contributed by atoms with Crippen LogP contribution in [0.15, 0.2) is 84.9 Å². The molecule has 0 unspecified atom stereocenters. The van der Waals surface area contributed by atoms with Gasteiger partial charge in [-0.1, -0.05) is 93.1 Å². The number of hydrogen-bond donors (Lipinski definition) is 2. The summed E-state index contributed by atoms with van der Waals surface area (Å²) < 4.78 is 13.7. The topological polar surface area (TPSA) is 36.8 Å². The standard InChI is InChI=1S/C27H30FNO/c1-3-10-24-26(21-13-8-5-9-14-21)29-25(20-11-6-4-7-12-20)19(2)27(24,30)22-15-17-23(28)18-16-22/h4-9,11-19,24-26,29-30H,3,10H2,1-2H3/p+1/t19-,24+,25-,26+,27-/m0/s1. The Morgan fingerprint density at radius 3 is 1.90 bits per heavy atom. The number of benzene rings is 3. The Balaban J connectivity index is 1.88. The Morgan fingerprint density at radius 2 is 1.37 bits per heavy atom. The van der Waals surface area contributed by atoms with Gasteiger partial charge in [-0.25, -0.2) is 4.39 Å². The maximum atomic E-state index is 13.7. The van der Waals surface area contributed by atoms with Crippen LogP contribution in [0.1, 0.15) is 55.5 Å². The molecule has 3 aromatic rings. The lowest BCUT2D eigenvalue weighted by atomic mass is 9.61. The summed E-state index contributed by atoms with van der Waals surface area (Å²) in [4.78, 5) is 0. The molecular weight excluding hydrogens is 373 g/mol. The van der Waals surface area contributed by atoms with Crippen molar-refractivity contribution in [2.75, 3.05) is 0 Å².